The zero-order chi connectivity index (χ0) is 37.6. The maximum absolute atomic E-state index is 12.7. The van der Waals surface area contributed by atoms with Crippen molar-refractivity contribution in [1.82, 2.24) is 0 Å². The first-order valence-corrected chi connectivity index (χ1v) is 19.1. The van der Waals surface area contributed by atoms with Gasteiger partial charge in [0, 0.05) is 10.8 Å². The Bertz CT molecular complexity index is 2110. The van der Waals surface area contributed by atoms with Crippen molar-refractivity contribution in [2.75, 3.05) is 30.5 Å². The molecule has 0 heterocycles. The maximum Gasteiger partial charge on any atom is 1.00 e. The second kappa shape index (κ2) is 26.5. The van der Waals surface area contributed by atoms with E-state index in [1.165, 1.54) is 66.7 Å². The van der Waals surface area contributed by atoms with Gasteiger partial charge in [-0.15, -0.1) is 18.9 Å². The van der Waals surface area contributed by atoms with Crippen molar-refractivity contribution in [3.05, 3.63) is 66.7 Å². The van der Waals surface area contributed by atoms with E-state index in [0.717, 1.165) is 0 Å². The van der Waals surface area contributed by atoms with E-state index in [4.69, 9.17) is 14.1 Å². The van der Waals surface area contributed by atoms with Gasteiger partial charge in [0.05, 0.1) is 68.5 Å². The molecule has 0 aliphatic carbocycles. The van der Waals surface area contributed by atoms with Gasteiger partial charge in [0.1, 0.15) is 11.4 Å². The van der Waals surface area contributed by atoms with Crippen LogP contribution in [0.3, 0.4) is 0 Å². The molecule has 0 amide bonds. The Hall–Kier alpha value is -0.550. The van der Waals surface area contributed by atoms with Gasteiger partial charge in [-0.1, -0.05) is 6.07 Å². The summed E-state index contributed by atoms with van der Waals surface area (Å²) in [5, 5.41) is 68.0. The monoisotopic (exact) mass is 889 g/mol. The average Bonchev–Trinajstić information content (AvgIpc) is 3.13. The molecule has 280 valence electrons. The molecule has 0 aliphatic rings. The number of nitrogen functional groups attached to an aromatic ring is 1. The number of sulfone groups is 2. The molecule has 21 nitrogen and oxygen atoms in total. The van der Waals surface area contributed by atoms with Crippen molar-refractivity contribution in [2.45, 2.75) is 14.7 Å². The van der Waals surface area contributed by atoms with E-state index in [9.17, 15) is 37.7 Å². The molecule has 0 saturated carbocycles. The van der Waals surface area contributed by atoms with Crippen molar-refractivity contribution >= 4 is 95.6 Å². The van der Waals surface area contributed by atoms with Crippen LogP contribution >= 0.6 is 36.7 Å². The Balaban J connectivity index is 0.00000504. The summed E-state index contributed by atoms with van der Waals surface area (Å²) < 4.78 is 72.3. The van der Waals surface area contributed by atoms with Crippen LogP contribution in [0.25, 0.3) is 10.8 Å². The average molecular weight is 890 g/mol. The van der Waals surface area contributed by atoms with Crippen molar-refractivity contribution < 1.29 is 163 Å². The molecule has 0 aromatic heterocycles. The smallest absolute Gasteiger partial charge is 0.691 e. The summed E-state index contributed by atoms with van der Waals surface area (Å²) in [6.07, 6.45) is 0. The predicted molar refractivity (Wildman–Crippen MR) is 175 cm³/mol. The molecule has 0 radical (unpaired) electrons. The Morgan fingerprint density at radius 1 is 0.636 bits per heavy atom. The van der Waals surface area contributed by atoms with Crippen LogP contribution in [-0.2, 0) is 56.2 Å². The van der Waals surface area contributed by atoms with Crippen molar-refractivity contribution in [2.24, 2.45) is 20.5 Å². The Morgan fingerprint density at radius 2 is 1.20 bits per heavy atom. The Morgan fingerprint density at radius 3 is 1.80 bits per heavy atom. The standard InChI is InChI=1S/C26H25N5O16S5.3Na/c27-22-9-8-20-21(24(22)30-28-16-4-6-18(7-5-16)51(36,37)12-10-40-49-46-43-34)15-23(48-45-42-33)25(26(20)32)31-29-17-2-1-3-19(14-17)52(38,39)13-11-41-50-47-44-35;;;/h1-9,14-15,32-35H,10-13,27H2;;;/q;3*+1/p-3. The quantitative estimate of drug-likeness (QED) is 0.0150. The maximum atomic E-state index is 12.7. The first-order chi connectivity index (χ1) is 25.0. The molecule has 0 atom stereocenters. The number of aromatic hydroxyl groups is 1. The minimum atomic E-state index is -3.88. The van der Waals surface area contributed by atoms with Crippen LogP contribution in [0.2, 0.25) is 0 Å². The number of fused-ring (bicyclic) bond motifs is 1. The minimum absolute atomic E-state index is 0. The number of azo groups is 2. The van der Waals surface area contributed by atoms with E-state index < -0.39 is 36.9 Å². The van der Waals surface area contributed by atoms with Gasteiger partial charge in [-0.2, -0.15) is 14.6 Å². The number of benzene rings is 4. The summed E-state index contributed by atoms with van der Waals surface area (Å²) in [6.45, 7) is -0.637. The van der Waals surface area contributed by atoms with Gasteiger partial charge in [0.25, 0.3) is 0 Å². The third-order valence-electron chi connectivity index (χ3n) is 6.37. The molecular weight excluding hydrogens is 868 g/mol. The van der Waals surface area contributed by atoms with E-state index in [-0.39, 0.29) is 180 Å². The van der Waals surface area contributed by atoms with Crippen LogP contribution in [0, 0.1) is 0 Å². The number of anilines is 1. The van der Waals surface area contributed by atoms with Gasteiger partial charge in [-0.25, -0.2) is 16.8 Å². The molecule has 29 heteroatoms. The third-order valence-corrected chi connectivity index (χ3v) is 11.1. The van der Waals surface area contributed by atoms with Gasteiger partial charge in [0.2, 0.25) is 0 Å². The van der Waals surface area contributed by atoms with Crippen LogP contribution in [0.15, 0.2) is 102 Å². The molecular formula is C26H22N5Na3O16S5. The van der Waals surface area contributed by atoms with E-state index >= 15 is 0 Å². The van der Waals surface area contributed by atoms with E-state index in [0.29, 0.717) is 12.0 Å². The normalized spacial score (nSPS) is 11.8. The fraction of sp³-hybridized carbons (Fsp3) is 0.154. The van der Waals surface area contributed by atoms with E-state index in [1.54, 1.807) is 0 Å². The Labute approximate surface area is 391 Å². The molecule has 3 N–H and O–H groups in total. The summed E-state index contributed by atoms with van der Waals surface area (Å²) in [5.74, 6) is -1.36. The molecule has 4 aromatic carbocycles. The van der Waals surface area contributed by atoms with Gasteiger partial charge in [-0.3, -0.25) is 23.5 Å². The van der Waals surface area contributed by atoms with Crippen LogP contribution in [-0.4, -0.2) is 46.7 Å². The zero-order valence-corrected chi connectivity index (χ0v) is 38.7. The molecule has 0 fully saturated rings. The fourth-order valence-electron chi connectivity index (χ4n) is 4.07. The molecule has 4 aromatic rings. The molecule has 55 heavy (non-hydrogen) atoms. The number of phenolic OH excluding ortho intramolecular Hbond substituents is 1. The first-order valence-electron chi connectivity index (χ1n) is 13.7. The van der Waals surface area contributed by atoms with E-state index in [2.05, 4.69) is 48.6 Å². The molecule has 0 aliphatic heterocycles. The minimum Gasteiger partial charge on any atom is -0.691 e. The van der Waals surface area contributed by atoms with Gasteiger partial charge in [-0.05, 0) is 60.7 Å². The van der Waals surface area contributed by atoms with Crippen LogP contribution in [0.5, 0.6) is 5.75 Å². The molecule has 0 saturated heterocycles. The number of phenols is 1. The van der Waals surface area contributed by atoms with Gasteiger partial charge >= 0.3 is 88.7 Å². The largest absolute Gasteiger partial charge is 1.00 e. The second-order valence-electron chi connectivity index (χ2n) is 9.47. The summed E-state index contributed by atoms with van der Waals surface area (Å²) in [6, 6.07) is 15.0. The number of hydrogen-bond acceptors (Lipinski definition) is 24. The molecule has 0 spiro atoms. The van der Waals surface area contributed by atoms with Crippen LogP contribution in [0.4, 0.5) is 28.4 Å². The van der Waals surface area contributed by atoms with Crippen molar-refractivity contribution in [1.29, 1.82) is 0 Å². The summed E-state index contributed by atoms with van der Waals surface area (Å²) in [4.78, 5) is -0.181. The van der Waals surface area contributed by atoms with Crippen molar-refractivity contribution in [3.63, 3.8) is 0 Å². The number of rotatable bonds is 21. The fourth-order valence-corrected chi connectivity index (χ4v) is 7.41. The SMILES string of the molecule is Nc1ccc2c(O)c(N=Nc3cccc(S(=O)(=O)CCOSOO[O-])c3)c(SOO[O-])cc2c1N=Nc1ccc(S(=O)(=O)CCOSOO[O-])cc1.[Na+].[Na+].[Na+]. The summed E-state index contributed by atoms with van der Waals surface area (Å²) in [5.41, 5.74) is 6.48. The summed E-state index contributed by atoms with van der Waals surface area (Å²) in [7, 11) is -7.65. The van der Waals surface area contributed by atoms with Crippen LogP contribution in [0.1, 0.15) is 0 Å². The molecule has 0 unspecified atom stereocenters. The second-order valence-corrected chi connectivity index (χ2v) is 15.4. The van der Waals surface area contributed by atoms with Crippen LogP contribution < -0.4 is 110 Å². The Kier molecular flexibility index (Phi) is 25.3. The zero-order valence-electron chi connectivity index (χ0n) is 28.7. The topological polar surface area (TPSA) is 307 Å². The molecule has 4 rings (SSSR count). The third kappa shape index (κ3) is 15.9. The van der Waals surface area contributed by atoms with E-state index in [1.807, 2.05) is 0 Å². The van der Waals surface area contributed by atoms with Gasteiger partial charge < -0.3 is 26.6 Å². The van der Waals surface area contributed by atoms with Crippen molar-refractivity contribution in [3.8, 4) is 5.75 Å². The number of nitrogens with zero attached hydrogens (tertiary/aromatic N) is 4. The predicted octanol–water partition coefficient (Wildman–Crippen LogP) is -5.64. The number of nitrogens with two attached hydrogens (primary N) is 1. The first kappa shape index (κ1) is 52.5. The molecule has 0 bridgehead atoms. The van der Waals surface area contributed by atoms with Gasteiger partial charge in [0.15, 0.2) is 50.1 Å². The number of hydrogen-bond donors (Lipinski definition) is 2. The summed E-state index contributed by atoms with van der Waals surface area (Å²) >= 11 is 0.721.